The molecule has 0 spiro atoms. The Kier molecular flexibility index (Phi) is 5.10. The van der Waals surface area contributed by atoms with Crippen molar-refractivity contribution in [1.29, 1.82) is 0 Å². The van der Waals surface area contributed by atoms with E-state index in [1.165, 1.54) is 37.8 Å². The molecule has 0 bridgehead atoms. The van der Waals surface area contributed by atoms with Gasteiger partial charge in [0, 0.05) is 30.5 Å². The monoisotopic (exact) mass is 333 g/mol. The minimum absolute atomic E-state index is 0.721. The third-order valence-corrected chi connectivity index (χ3v) is 4.83. The molecule has 1 fully saturated rings. The fourth-order valence-corrected chi connectivity index (χ4v) is 3.36. The minimum Gasteiger partial charge on any atom is -0.296 e. The molecule has 0 saturated carbocycles. The van der Waals surface area contributed by atoms with E-state index in [0.717, 1.165) is 28.8 Å². The van der Waals surface area contributed by atoms with Crippen LogP contribution in [0.4, 0.5) is 0 Å². The second kappa shape index (κ2) is 6.40. The summed E-state index contributed by atoms with van der Waals surface area (Å²) in [4.78, 5) is 2.57. The molecule has 5 heteroatoms. The van der Waals surface area contributed by atoms with E-state index in [9.17, 15) is 0 Å². The highest BCUT2D eigenvalue weighted by Gasteiger charge is 2.26. The lowest BCUT2D eigenvalue weighted by atomic mass is 10.1. The van der Waals surface area contributed by atoms with Crippen molar-refractivity contribution >= 4 is 27.5 Å². The van der Waals surface area contributed by atoms with Gasteiger partial charge in [-0.3, -0.25) is 9.58 Å². The predicted octanol–water partition coefficient (Wildman–Crippen LogP) is 3.52. The van der Waals surface area contributed by atoms with Gasteiger partial charge in [-0.05, 0) is 39.2 Å². The van der Waals surface area contributed by atoms with E-state index in [1.807, 2.05) is 14.0 Å². The van der Waals surface area contributed by atoms with Crippen LogP contribution in [0, 0.1) is 6.92 Å². The summed E-state index contributed by atoms with van der Waals surface area (Å²) in [7, 11) is 1.91. The Hall–Kier alpha value is -0.0600. The van der Waals surface area contributed by atoms with Crippen LogP contribution in [0.3, 0.4) is 0 Å². The molecule has 1 saturated heterocycles. The van der Waals surface area contributed by atoms with Crippen molar-refractivity contribution in [3.05, 3.63) is 16.4 Å². The van der Waals surface area contributed by atoms with Crippen molar-refractivity contribution in [2.45, 2.75) is 45.2 Å². The molecule has 1 aromatic rings. The van der Waals surface area contributed by atoms with Crippen LogP contribution in [-0.4, -0.2) is 32.6 Å². The topological polar surface area (TPSA) is 21.1 Å². The maximum atomic E-state index is 6.31. The van der Waals surface area contributed by atoms with Crippen LogP contribution >= 0.6 is 27.5 Å². The third kappa shape index (κ3) is 3.09. The molecule has 2 heterocycles. The van der Waals surface area contributed by atoms with Gasteiger partial charge in [-0.2, -0.15) is 5.10 Å². The maximum absolute atomic E-state index is 6.31. The number of halogens is 2. The lowest BCUT2D eigenvalue weighted by Crippen LogP contribution is -2.29. The van der Waals surface area contributed by atoms with Gasteiger partial charge in [0.05, 0.1) is 5.69 Å². The van der Waals surface area contributed by atoms with Crippen molar-refractivity contribution in [1.82, 2.24) is 14.7 Å². The summed E-state index contributed by atoms with van der Waals surface area (Å²) in [6.07, 6.45) is 5.16. The van der Waals surface area contributed by atoms with Crippen molar-refractivity contribution < 1.29 is 0 Å². The number of rotatable bonds is 5. The molecule has 1 aliphatic rings. The first-order chi connectivity index (χ1) is 8.63. The Morgan fingerprint density at radius 1 is 1.50 bits per heavy atom. The Labute approximate surface area is 123 Å². The summed E-state index contributed by atoms with van der Waals surface area (Å²) < 4.78 is 1.77. The van der Waals surface area contributed by atoms with Gasteiger partial charge < -0.3 is 0 Å². The molecule has 0 aromatic carbocycles. The molecule has 1 unspecified atom stereocenters. The zero-order valence-electron chi connectivity index (χ0n) is 11.1. The molecule has 1 aromatic heterocycles. The van der Waals surface area contributed by atoms with Crippen molar-refractivity contribution in [3.63, 3.8) is 0 Å². The van der Waals surface area contributed by atoms with E-state index in [-0.39, 0.29) is 0 Å². The molecule has 0 aliphatic carbocycles. The van der Waals surface area contributed by atoms with Crippen LogP contribution in [0.1, 0.15) is 36.9 Å². The van der Waals surface area contributed by atoms with Crippen LogP contribution in [0.15, 0.2) is 0 Å². The number of hydrogen-bond donors (Lipinski definition) is 0. The average molecular weight is 335 g/mol. The van der Waals surface area contributed by atoms with Gasteiger partial charge in [0.25, 0.3) is 0 Å². The number of aryl methyl sites for hydroxylation is 2. The van der Waals surface area contributed by atoms with Crippen molar-refractivity contribution in [2.75, 3.05) is 11.9 Å². The van der Waals surface area contributed by atoms with Gasteiger partial charge in [0.2, 0.25) is 0 Å². The second-order valence-corrected chi connectivity index (χ2v) is 6.23. The van der Waals surface area contributed by atoms with Crippen LogP contribution in [0.5, 0.6) is 0 Å². The predicted molar refractivity (Wildman–Crippen MR) is 79.4 cm³/mol. The maximum Gasteiger partial charge on any atom is 0.131 e. The van der Waals surface area contributed by atoms with Crippen LogP contribution < -0.4 is 0 Å². The fourth-order valence-electron chi connectivity index (χ4n) is 2.80. The summed E-state index contributed by atoms with van der Waals surface area (Å²) in [6.45, 7) is 4.19. The van der Waals surface area contributed by atoms with Crippen molar-refractivity contribution in [3.8, 4) is 0 Å². The summed E-state index contributed by atoms with van der Waals surface area (Å²) in [5.74, 6) is 0. The van der Waals surface area contributed by atoms with Gasteiger partial charge in [-0.15, -0.1) is 0 Å². The summed E-state index contributed by atoms with van der Waals surface area (Å²) in [5, 5.41) is 6.28. The second-order valence-electron chi connectivity index (χ2n) is 5.08. The van der Waals surface area contributed by atoms with Gasteiger partial charge >= 0.3 is 0 Å². The number of hydrogen-bond acceptors (Lipinski definition) is 2. The van der Waals surface area contributed by atoms with Crippen molar-refractivity contribution in [2.24, 2.45) is 7.05 Å². The number of aromatic nitrogens is 2. The summed E-state index contributed by atoms with van der Waals surface area (Å²) >= 11 is 9.83. The van der Waals surface area contributed by atoms with E-state index in [2.05, 4.69) is 25.9 Å². The Morgan fingerprint density at radius 2 is 2.28 bits per heavy atom. The Balaban J connectivity index is 2.03. The quantitative estimate of drug-likeness (QED) is 0.768. The van der Waals surface area contributed by atoms with E-state index in [1.54, 1.807) is 4.68 Å². The Morgan fingerprint density at radius 3 is 2.89 bits per heavy atom. The molecular formula is C13H21BrClN3. The summed E-state index contributed by atoms with van der Waals surface area (Å²) in [6, 6.07) is 0.721. The molecule has 3 nitrogen and oxygen atoms in total. The molecular weight excluding hydrogens is 314 g/mol. The molecule has 18 heavy (non-hydrogen) atoms. The van der Waals surface area contributed by atoms with E-state index < -0.39 is 0 Å². The lowest BCUT2D eigenvalue weighted by molar-refractivity contribution is 0.233. The van der Waals surface area contributed by atoms with E-state index in [4.69, 9.17) is 11.6 Å². The molecule has 1 aliphatic heterocycles. The molecule has 1 atom stereocenters. The van der Waals surface area contributed by atoms with E-state index >= 15 is 0 Å². The zero-order valence-corrected chi connectivity index (χ0v) is 13.5. The molecule has 0 N–H and O–H groups in total. The fraction of sp³-hybridized carbons (Fsp3) is 0.769. The van der Waals surface area contributed by atoms with Gasteiger partial charge in [0.1, 0.15) is 5.15 Å². The minimum atomic E-state index is 0.721. The SMILES string of the molecule is Cc1nn(C)c(Cl)c1CN1CCCC1CCCBr. The van der Waals surface area contributed by atoms with Crippen LogP contribution in [-0.2, 0) is 13.6 Å². The first kappa shape index (κ1) is 14.4. The number of nitrogens with zero attached hydrogens (tertiary/aromatic N) is 3. The van der Waals surface area contributed by atoms with E-state index in [0.29, 0.717) is 0 Å². The highest BCUT2D eigenvalue weighted by Crippen LogP contribution is 2.27. The lowest BCUT2D eigenvalue weighted by Gasteiger charge is -2.24. The first-order valence-electron chi connectivity index (χ1n) is 6.61. The molecule has 0 radical (unpaired) electrons. The third-order valence-electron chi connectivity index (χ3n) is 3.80. The highest BCUT2D eigenvalue weighted by molar-refractivity contribution is 9.09. The standard InChI is InChI=1S/C13H21BrClN3/c1-10-12(13(15)17(2)16-10)9-18-8-4-6-11(18)5-3-7-14/h11H,3-9H2,1-2H3. The summed E-state index contributed by atoms with van der Waals surface area (Å²) in [5.41, 5.74) is 2.26. The zero-order chi connectivity index (χ0) is 13.1. The smallest absolute Gasteiger partial charge is 0.131 e. The van der Waals surface area contributed by atoms with Gasteiger partial charge in [-0.25, -0.2) is 0 Å². The normalized spacial score (nSPS) is 20.8. The highest BCUT2D eigenvalue weighted by atomic mass is 79.9. The van der Waals surface area contributed by atoms with Crippen LogP contribution in [0.2, 0.25) is 5.15 Å². The average Bonchev–Trinajstić information content (AvgIpc) is 2.87. The molecule has 102 valence electrons. The number of alkyl halides is 1. The first-order valence-corrected chi connectivity index (χ1v) is 8.11. The van der Waals surface area contributed by atoms with Gasteiger partial charge in [-0.1, -0.05) is 27.5 Å². The molecule has 2 rings (SSSR count). The van der Waals surface area contributed by atoms with Crippen LogP contribution in [0.25, 0.3) is 0 Å². The largest absolute Gasteiger partial charge is 0.296 e. The molecule has 0 amide bonds. The van der Waals surface area contributed by atoms with Gasteiger partial charge in [0.15, 0.2) is 0 Å². The Bertz CT molecular complexity index is 405. The number of likely N-dealkylation sites (tertiary alicyclic amines) is 1.